The fraction of sp³-hybridized carbons (Fsp3) is 0.200. The lowest BCUT2D eigenvalue weighted by Gasteiger charge is -2.28. The average molecular weight is 337 g/mol. The van der Waals surface area contributed by atoms with Gasteiger partial charge in [-0.15, -0.1) is 0 Å². The SMILES string of the molecule is CCOC=C1C(=O)N(Cc2ccc(OC)cc2)C(=O)c2ccccc21. The number of imide groups is 1. The van der Waals surface area contributed by atoms with Crippen molar-refractivity contribution in [2.75, 3.05) is 13.7 Å². The van der Waals surface area contributed by atoms with Gasteiger partial charge in [0.25, 0.3) is 11.8 Å². The van der Waals surface area contributed by atoms with E-state index in [9.17, 15) is 9.59 Å². The predicted octanol–water partition coefficient (Wildman–Crippen LogP) is 3.26. The Morgan fingerprint density at radius 3 is 2.28 bits per heavy atom. The number of benzene rings is 2. The van der Waals surface area contributed by atoms with E-state index < -0.39 is 0 Å². The van der Waals surface area contributed by atoms with Crippen LogP contribution in [0.5, 0.6) is 5.75 Å². The van der Waals surface area contributed by atoms with E-state index in [2.05, 4.69) is 0 Å². The van der Waals surface area contributed by atoms with Gasteiger partial charge in [0, 0.05) is 11.1 Å². The van der Waals surface area contributed by atoms with Crippen molar-refractivity contribution in [2.24, 2.45) is 0 Å². The normalized spacial score (nSPS) is 15.3. The van der Waals surface area contributed by atoms with Gasteiger partial charge in [-0.1, -0.05) is 30.3 Å². The van der Waals surface area contributed by atoms with E-state index in [4.69, 9.17) is 9.47 Å². The summed E-state index contributed by atoms with van der Waals surface area (Å²) in [5, 5.41) is 0. The Morgan fingerprint density at radius 2 is 1.64 bits per heavy atom. The molecule has 0 unspecified atom stereocenters. The van der Waals surface area contributed by atoms with E-state index >= 15 is 0 Å². The number of rotatable bonds is 5. The van der Waals surface area contributed by atoms with Gasteiger partial charge in [0.15, 0.2) is 0 Å². The third-order valence-electron chi connectivity index (χ3n) is 4.04. The molecule has 0 fully saturated rings. The quantitative estimate of drug-likeness (QED) is 0.477. The molecular formula is C20H19NO4. The highest BCUT2D eigenvalue weighted by molar-refractivity contribution is 6.30. The van der Waals surface area contributed by atoms with Crippen LogP contribution >= 0.6 is 0 Å². The summed E-state index contributed by atoms with van der Waals surface area (Å²) in [4.78, 5) is 26.9. The first-order valence-electron chi connectivity index (χ1n) is 8.06. The highest BCUT2D eigenvalue weighted by atomic mass is 16.5. The molecule has 0 N–H and O–H groups in total. The molecule has 0 spiro atoms. The van der Waals surface area contributed by atoms with Crippen LogP contribution in [0.15, 0.2) is 54.8 Å². The minimum absolute atomic E-state index is 0.194. The molecule has 2 aromatic rings. The third-order valence-corrected chi connectivity index (χ3v) is 4.04. The molecule has 128 valence electrons. The average Bonchev–Trinajstić information content (AvgIpc) is 2.65. The van der Waals surface area contributed by atoms with Crippen LogP contribution in [0.4, 0.5) is 0 Å². The highest BCUT2D eigenvalue weighted by Gasteiger charge is 2.34. The molecule has 0 bridgehead atoms. The fourth-order valence-electron chi connectivity index (χ4n) is 2.74. The van der Waals surface area contributed by atoms with Crippen LogP contribution in [0.3, 0.4) is 0 Å². The molecule has 2 amide bonds. The van der Waals surface area contributed by atoms with Crippen LogP contribution in [0.1, 0.15) is 28.4 Å². The second-order valence-electron chi connectivity index (χ2n) is 5.58. The zero-order valence-corrected chi connectivity index (χ0v) is 14.2. The first kappa shape index (κ1) is 16.8. The first-order chi connectivity index (χ1) is 12.2. The van der Waals surface area contributed by atoms with Crippen LogP contribution in [-0.2, 0) is 16.1 Å². The van der Waals surface area contributed by atoms with Crippen LogP contribution < -0.4 is 4.74 Å². The maximum atomic E-state index is 12.9. The minimum atomic E-state index is -0.354. The Labute approximate surface area is 146 Å². The fourth-order valence-corrected chi connectivity index (χ4v) is 2.74. The van der Waals surface area contributed by atoms with Crippen molar-refractivity contribution >= 4 is 17.4 Å². The number of amides is 2. The largest absolute Gasteiger partial charge is 0.501 e. The Kier molecular flexibility index (Phi) is 4.84. The molecule has 1 aliphatic rings. The summed E-state index contributed by atoms with van der Waals surface area (Å²) >= 11 is 0. The molecule has 0 saturated heterocycles. The zero-order valence-electron chi connectivity index (χ0n) is 14.2. The van der Waals surface area contributed by atoms with Crippen molar-refractivity contribution in [1.82, 2.24) is 4.90 Å². The summed E-state index contributed by atoms with van der Waals surface area (Å²) in [5.74, 6) is 0.0698. The van der Waals surface area contributed by atoms with E-state index in [0.29, 0.717) is 23.3 Å². The van der Waals surface area contributed by atoms with E-state index in [1.807, 2.05) is 19.1 Å². The Hall–Kier alpha value is -3.08. The first-order valence-corrected chi connectivity index (χ1v) is 8.06. The van der Waals surface area contributed by atoms with Crippen LogP contribution in [0.2, 0.25) is 0 Å². The summed E-state index contributed by atoms with van der Waals surface area (Å²) in [6, 6.07) is 14.4. The van der Waals surface area contributed by atoms with E-state index in [1.165, 1.54) is 11.2 Å². The second kappa shape index (κ2) is 7.21. The van der Waals surface area contributed by atoms with Gasteiger partial charge in [0.1, 0.15) is 5.75 Å². The lowest BCUT2D eigenvalue weighted by molar-refractivity contribution is -0.123. The maximum Gasteiger partial charge on any atom is 0.264 e. The summed E-state index contributed by atoms with van der Waals surface area (Å²) in [6.45, 7) is 2.49. The number of nitrogens with zero attached hydrogens (tertiary/aromatic N) is 1. The number of methoxy groups -OCH3 is 1. The zero-order chi connectivity index (χ0) is 17.8. The molecule has 5 nitrogen and oxygen atoms in total. The molecule has 1 aliphatic heterocycles. The van der Waals surface area contributed by atoms with Gasteiger partial charge in [-0.05, 0) is 30.7 Å². The molecular weight excluding hydrogens is 318 g/mol. The molecule has 5 heteroatoms. The van der Waals surface area contributed by atoms with Crippen molar-refractivity contribution in [2.45, 2.75) is 13.5 Å². The number of ether oxygens (including phenoxy) is 2. The second-order valence-corrected chi connectivity index (χ2v) is 5.58. The van der Waals surface area contributed by atoms with Crippen molar-refractivity contribution < 1.29 is 19.1 Å². The monoisotopic (exact) mass is 337 g/mol. The number of carbonyl (C=O) groups excluding carboxylic acids is 2. The van der Waals surface area contributed by atoms with Gasteiger partial charge in [0.05, 0.1) is 32.1 Å². The summed E-state index contributed by atoms with van der Waals surface area (Å²) in [6.07, 6.45) is 1.44. The van der Waals surface area contributed by atoms with Crippen LogP contribution in [0, 0.1) is 0 Å². The molecule has 0 aliphatic carbocycles. The molecule has 0 radical (unpaired) electrons. The summed E-state index contributed by atoms with van der Waals surface area (Å²) in [5.41, 5.74) is 2.35. The summed E-state index contributed by atoms with van der Waals surface area (Å²) in [7, 11) is 1.59. The molecule has 3 rings (SSSR count). The van der Waals surface area contributed by atoms with E-state index in [-0.39, 0.29) is 18.4 Å². The van der Waals surface area contributed by atoms with E-state index in [1.54, 1.807) is 43.5 Å². The van der Waals surface area contributed by atoms with Crippen molar-refractivity contribution in [3.8, 4) is 5.75 Å². The summed E-state index contributed by atoms with van der Waals surface area (Å²) < 4.78 is 10.5. The lowest BCUT2D eigenvalue weighted by Crippen LogP contribution is -2.41. The van der Waals surface area contributed by atoms with Crippen molar-refractivity contribution in [3.63, 3.8) is 0 Å². The molecule has 0 aromatic heterocycles. The Balaban J connectivity index is 1.96. The van der Waals surface area contributed by atoms with E-state index in [0.717, 1.165) is 11.3 Å². The smallest absolute Gasteiger partial charge is 0.264 e. The number of carbonyl (C=O) groups is 2. The molecule has 1 heterocycles. The highest BCUT2D eigenvalue weighted by Crippen LogP contribution is 2.30. The van der Waals surface area contributed by atoms with Gasteiger partial charge in [-0.3, -0.25) is 14.5 Å². The van der Waals surface area contributed by atoms with Crippen molar-refractivity contribution in [1.29, 1.82) is 0 Å². The van der Waals surface area contributed by atoms with Gasteiger partial charge in [0.2, 0.25) is 0 Å². The molecule has 0 saturated carbocycles. The minimum Gasteiger partial charge on any atom is -0.501 e. The van der Waals surface area contributed by atoms with Crippen LogP contribution in [0.25, 0.3) is 5.57 Å². The predicted molar refractivity (Wildman–Crippen MR) is 93.9 cm³/mol. The maximum absolute atomic E-state index is 12.9. The molecule has 0 atom stereocenters. The number of fused-ring (bicyclic) bond motifs is 1. The topological polar surface area (TPSA) is 55.8 Å². The standard InChI is InChI=1S/C20H19NO4/c1-3-25-13-18-16-6-4-5-7-17(16)19(22)21(20(18)23)12-14-8-10-15(24-2)11-9-14/h4-11,13H,3,12H2,1-2H3. The number of hydrogen-bond donors (Lipinski definition) is 0. The van der Waals surface area contributed by atoms with Crippen LogP contribution in [-0.4, -0.2) is 30.4 Å². The molecule has 25 heavy (non-hydrogen) atoms. The lowest BCUT2D eigenvalue weighted by atomic mass is 9.94. The van der Waals surface area contributed by atoms with Crippen molar-refractivity contribution in [3.05, 3.63) is 71.5 Å². The number of hydrogen-bond acceptors (Lipinski definition) is 4. The Bertz CT molecular complexity index is 824. The van der Waals surface area contributed by atoms with Gasteiger partial charge in [-0.2, -0.15) is 0 Å². The third kappa shape index (κ3) is 3.26. The molecule has 2 aromatic carbocycles. The van der Waals surface area contributed by atoms with Gasteiger partial charge in [-0.25, -0.2) is 0 Å². The van der Waals surface area contributed by atoms with Gasteiger partial charge >= 0.3 is 0 Å². The Morgan fingerprint density at radius 1 is 0.960 bits per heavy atom. The van der Waals surface area contributed by atoms with Gasteiger partial charge < -0.3 is 9.47 Å².